The van der Waals surface area contributed by atoms with Gasteiger partial charge in [-0.25, -0.2) is 5.43 Å². The molecule has 0 unspecified atom stereocenters. The molecule has 5 rings (SSSR count). The van der Waals surface area contributed by atoms with Crippen LogP contribution in [-0.4, -0.2) is 26.1 Å². The second-order valence-electron chi connectivity index (χ2n) is 8.56. The van der Waals surface area contributed by atoms with Crippen LogP contribution in [0.25, 0.3) is 0 Å². The molecular formula is C29H24N8O2S. The molecule has 0 saturated heterocycles. The lowest BCUT2D eigenvalue weighted by Gasteiger charge is -2.10. The molecule has 0 amide bonds. The number of hydrazone groups is 1. The molecule has 1 aromatic heterocycles. The van der Waals surface area contributed by atoms with Gasteiger partial charge in [-0.05, 0) is 49.4 Å². The Hall–Kier alpha value is -5.29. The molecule has 0 bridgehead atoms. The molecule has 0 atom stereocenters. The van der Waals surface area contributed by atoms with E-state index in [0.717, 1.165) is 21.8 Å². The minimum atomic E-state index is -0.393. The van der Waals surface area contributed by atoms with Crippen LogP contribution in [0.4, 0.5) is 34.9 Å². The minimum absolute atomic E-state index is 0.00150. The number of hydrogen-bond acceptors (Lipinski definition) is 10. The number of nitrogens with one attached hydrogen (secondary N) is 3. The predicted octanol–water partition coefficient (Wildman–Crippen LogP) is 7.17. The molecule has 1 heterocycles. The Labute approximate surface area is 234 Å². The molecule has 10 nitrogen and oxygen atoms in total. The maximum Gasteiger partial charge on any atom is 0.283 e. The van der Waals surface area contributed by atoms with Gasteiger partial charge in [0.25, 0.3) is 5.69 Å². The molecule has 0 fully saturated rings. The van der Waals surface area contributed by atoms with Crippen molar-refractivity contribution >= 4 is 52.9 Å². The number of aryl methyl sites for hydroxylation is 1. The van der Waals surface area contributed by atoms with Crippen LogP contribution in [-0.2, 0) is 0 Å². The molecule has 0 radical (unpaired) electrons. The minimum Gasteiger partial charge on any atom is -0.324 e. The third-order valence-corrected chi connectivity index (χ3v) is 6.57. The van der Waals surface area contributed by atoms with E-state index in [4.69, 9.17) is 0 Å². The summed E-state index contributed by atoms with van der Waals surface area (Å²) in [5.41, 5.74) is 6.10. The molecule has 0 aliphatic heterocycles. The van der Waals surface area contributed by atoms with E-state index in [1.54, 1.807) is 12.1 Å². The Kier molecular flexibility index (Phi) is 8.23. The Morgan fingerprint density at radius 1 is 0.775 bits per heavy atom. The Morgan fingerprint density at radius 3 is 1.93 bits per heavy atom. The molecule has 0 aliphatic rings. The number of aromatic nitrogens is 3. The number of benzene rings is 4. The number of hydrogen-bond donors (Lipinski definition) is 3. The first-order valence-corrected chi connectivity index (χ1v) is 13.1. The molecule has 5 aromatic rings. The van der Waals surface area contributed by atoms with Gasteiger partial charge < -0.3 is 10.6 Å². The van der Waals surface area contributed by atoms with Gasteiger partial charge in [0.1, 0.15) is 0 Å². The van der Waals surface area contributed by atoms with Crippen LogP contribution in [0.3, 0.4) is 0 Å². The summed E-state index contributed by atoms with van der Waals surface area (Å²) in [5.74, 6) is 0.806. The highest BCUT2D eigenvalue weighted by atomic mass is 32.2. The van der Waals surface area contributed by atoms with Gasteiger partial charge in [-0.3, -0.25) is 10.1 Å². The first kappa shape index (κ1) is 26.3. The number of nitrogens with zero attached hydrogens (tertiary/aromatic N) is 5. The Morgan fingerprint density at radius 2 is 1.35 bits per heavy atom. The van der Waals surface area contributed by atoms with Crippen LogP contribution in [0.15, 0.2) is 118 Å². The fourth-order valence-electron chi connectivity index (χ4n) is 3.58. The van der Waals surface area contributed by atoms with E-state index in [1.807, 2.05) is 91.9 Å². The first-order valence-electron chi connectivity index (χ1n) is 12.2. The summed E-state index contributed by atoms with van der Waals surface area (Å²) in [7, 11) is 0. The van der Waals surface area contributed by atoms with Gasteiger partial charge in [-0.1, -0.05) is 71.9 Å². The average Bonchev–Trinajstić information content (AvgIpc) is 2.96. The van der Waals surface area contributed by atoms with Crippen molar-refractivity contribution in [2.24, 2.45) is 5.10 Å². The fourth-order valence-corrected chi connectivity index (χ4v) is 4.48. The van der Waals surface area contributed by atoms with Gasteiger partial charge in [0.2, 0.25) is 17.8 Å². The van der Waals surface area contributed by atoms with Crippen LogP contribution in [0.2, 0.25) is 0 Å². The van der Waals surface area contributed by atoms with Gasteiger partial charge in [0.05, 0.1) is 16.0 Å². The number of para-hydroxylation sites is 2. The van der Waals surface area contributed by atoms with E-state index in [2.05, 4.69) is 36.1 Å². The van der Waals surface area contributed by atoms with E-state index in [-0.39, 0.29) is 11.6 Å². The number of nitro benzene ring substituents is 1. The monoisotopic (exact) mass is 548 g/mol. The molecular weight excluding hydrogens is 524 g/mol. The lowest BCUT2D eigenvalue weighted by molar-refractivity contribution is -0.387. The highest BCUT2D eigenvalue weighted by Gasteiger charge is 2.15. The van der Waals surface area contributed by atoms with Crippen LogP contribution in [0.5, 0.6) is 0 Å². The highest BCUT2D eigenvalue weighted by molar-refractivity contribution is 7.99. The van der Waals surface area contributed by atoms with Crippen LogP contribution in [0.1, 0.15) is 11.1 Å². The largest absolute Gasteiger partial charge is 0.324 e. The summed E-state index contributed by atoms with van der Waals surface area (Å²) in [5, 5.41) is 22.3. The van der Waals surface area contributed by atoms with Gasteiger partial charge in [0.15, 0.2) is 0 Å². The summed E-state index contributed by atoms with van der Waals surface area (Å²) in [6.45, 7) is 2.00. The van der Waals surface area contributed by atoms with E-state index in [0.29, 0.717) is 22.4 Å². The van der Waals surface area contributed by atoms with Crippen molar-refractivity contribution in [1.29, 1.82) is 0 Å². The van der Waals surface area contributed by atoms with Crippen molar-refractivity contribution in [1.82, 2.24) is 15.0 Å². The van der Waals surface area contributed by atoms with Crippen molar-refractivity contribution in [3.8, 4) is 0 Å². The molecule has 40 heavy (non-hydrogen) atoms. The SMILES string of the molecule is Cc1ccc(Sc2ccc(/C=N/Nc3nc(Nc4ccccc4)nc(Nc4ccccc4)n3)cc2[N+](=O)[O-])cc1. The van der Waals surface area contributed by atoms with Crippen molar-refractivity contribution < 1.29 is 4.92 Å². The summed E-state index contributed by atoms with van der Waals surface area (Å²) < 4.78 is 0. The third kappa shape index (κ3) is 7.17. The molecule has 0 saturated carbocycles. The van der Waals surface area contributed by atoms with E-state index in [9.17, 15) is 10.1 Å². The molecule has 0 aliphatic carbocycles. The summed E-state index contributed by atoms with van der Waals surface area (Å²) in [4.78, 5) is 26.1. The van der Waals surface area contributed by atoms with Gasteiger partial charge in [0, 0.05) is 27.9 Å². The molecule has 4 aromatic carbocycles. The zero-order valence-electron chi connectivity index (χ0n) is 21.4. The number of nitro groups is 1. The molecule has 0 spiro atoms. The normalized spacial score (nSPS) is 10.8. The molecule has 198 valence electrons. The van der Waals surface area contributed by atoms with Crippen LogP contribution < -0.4 is 16.1 Å². The van der Waals surface area contributed by atoms with Gasteiger partial charge >= 0.3 is 0 Å². The fraction of sp³-hybridized carbons (Fsp3) is 0.0345. The highest BCUT2D eigenvalue weighted by Crippen LogP contribution is 2.35. The van der Waals surface area contributed by atoms with Crippen molar-refractivity contribution in [3.63, 3.8) is 0 Å². The third-order valence-electron chi connectivity index (χ3n) is 5.50. The maximum atomic E-state index is 11.8. The Balaban J connectivity index is 1.35. The maximum absolute atomic E-state index is 11.8. The van der Waals surface area contributed by atoms with E-state index >= 15 is 0 Å². The van der Waals surface area contributed by atoms with Crippen molar-refractivity contribution in [3.05, 3.63) is 124 Å². The van der Waals surface area contributed by atoms with Crippen LogP contribution in [0, 0.1) is 17.0 Å². The molecule has 11 heteroatoms. The lowest BCUT2D eigenvalue weighted by Crippen LogP contribution is -2.07. The summed E-state index contributed by atoms with van der Waals surface area (Å²) in [6.07, 6.45) is 1.48. The van der Waals surface area contributed by atoms with Crippen molar-refractivity contribution in [2.45, 2.75) is 16.7 Å². The zero-order chi connectivity index (χ0) is 27.7. The van der Waals surface area contributed by atoms with Crippen LogP contribution >= 0.6 is 11.8 Å². The predicted molar refractivity (Wildman–Crippen MR) is 159 cm³/mol. The summed E-state index contributed by atoms with van der Waals surface area (Å²) >= 11 is 1.34. The van der Waals surface area contributed by atoms with E-state index < -0.39 is 4.92 Å². The molecule has 3 N–H and O–H groups in total. The zero-order valence-corrected chi connectivity index (χ0v) is 22.2. The summed E-state index contributed by atoms with van der Waals surface area (Å²) in [6, 6.07) is 31.8. The lowest BCUT2D eigenvalue weighted by atomic mass is 10.2. The second kappa shape index (κ2) is 12.5. The Bertz CT molecular complexity index is 1570. The smallest absolute Gasteiger partial charge is 0.283 e. The van der Waals surface area contributed by atoms with Crippen molar-refractivity contribution in [2.75, 3.05) is 16.1 Å². The van der Waals surface area contributed by atoms with Gasteiger partial charge in [-0.15, -0.1) is 0 Å². The second-order valence-corrected chi connectivity index (χ2v) is 9.67. The number of anilines is 5. The first-order chi connectivity index (χ1) is 19.5. The van der Waals surface area contributed by atoms with Gasteiger partial charge in [-0.2, -0.15) is 20.1 Å². The standard InChI is InChI=1S/C29H24N8O2S/c1-20-12-15-24(16-13-20)40-26-17-14-21(18-25(26)37(38)39)19-30-36-29-34-27(31-22-8-4-2-5-9-22)33-28(35-29)32-23-10-6-3-7-11-23/h2-19H,1H3,(H3,31,32,33,34,35,36)/b30-19+. The quantitative estimate of drug-likeness (QED) is 0.0944. The van der Waals surface area contributed by atoms with E-state index in [1.165, 1.54) is 24.0 Å². The number of rotatable bonds is 10. The topological polar surface area (TPSA) is 130 Å². The average molecular weight is 549 g/mol.